The van der Waals surface area contributed by atoms with Crippen LogP contribution in [0.15, 0.2) is 57.9 Å². The van der Waals surface area contributed by atoms with Crippen molar-refractivity contribution in [1.29, 1.82) is 0 Å². The second-order valence-corrected chi connectivity index (χ2v) is 5.39. The van der Waals surface area contributed by atoms with Crippen molar-refractivity contribution in [3.05, 3.63) is 58.6 Å². The zero-order valence-corrected chi connectivity index (χ0v) is 11.9. The third-order valence-electron chi connectivity index (χ3n) is 2.38. The summed E-state index contributed by atoms with van der Waals surface area (Å²) in [5.74, 6) is 0.908. The van der Waals surface area contributed by atoms with Crippen LogP contribution in [0.5, 0.6) is 5.75 Å². The first kappa shape index (κ1) is 12.5. The van der Waals surface area contributed by atoms with Gasteiger partial charge in [0, 0.05) is 9.37 Å². The van der Waals surface area contributed by atoms with Gasteiger partial charge in [-0.15, -0.1) is 11.8 Å². The zero-order valence-electron chi connectivity index (χ0n) is 9.52. The van der Waals surface area contributed by atoms with E-state index in [4.69, 9.17) is 4.74 Å². The number of benzene rings is 2. The number of rotatable bonds is 4. The van der Waals surface area contributed by atoms with Crippen LogP contribution in [0.1, 0.15) is 5.56 Å². The monoisotopic (exact) mass is 308 g/mol. The lowest BCUT2D eigenvalue weighted by Crippen LogP contribution is -1.94. The maximum absolute atomic E-state index is 5.71. The molecular weight excluding hydrogens is 296 g/mol. The summed E-state index contributed by atoms with van der Waals surface area (Å²) in [4.78, 5) is 1.25. The Morgan fingerprint density at radius 1 is 1.00 bits per heavy atom. The third kappa shape index (κ3) is 3.79. The lowest BCUT2D eigenvalue weighted by molar-refractivity contribution is 0.306. The predicted octanol–water partition coefficient (Wildman–Crippen LogP) is 4.75. The van der Waals surface area contributed by atoms with Crippen LogP contribution in [0.2, 0.25) is 0 Å². The van der Waals surface area contributed by atoms with Crippen molar-refractivity contribution in [2.45, 2.75) is 11.5 Å². The topological polar surface area (TPSA) is 9.23 Å². The number of hydrogen-bond donors (Lipinski definition) is 0. The highest BCUT2D eigenvalue weighted by Crippen LogP contribution is 2.20. The van der Waals surface area contributed by atoms with Gasteiger partial charge in [0.25, 0.3) is 0 Å². The van der Waals surface area contributed by atoms with Gasteiger partial charge in [0.15, 0.2) is 0 Å². The van der Waals surface area contributed by atoms with Crippen LogP contribution in [0, 0.1) is 0 Å². The summed E-state index contributed by atoms with van der Waals surface area (Å²) in [5.41, 5.74) is 1.17. The van der Waals surface area contributed by atoms with E-state index in [9.17, 15) is 0 Å². The van der Waals surface area contributed by atoms with Crippen LogP contribution in [0.4, 0.5) is 0 Å². The van der Waals surface area contributed by atoms with Crippen LogP contribution < -0.4 is 4.74 Å². The molecule has 0 saturated heterocycles. The summed E-state index contributed by atoms with van der Waals surface area (Å²) >= 11 is 5.15. The second kappa shape index (κ2) is 6.12. The van der Waals surface area contributed by atoms with E-state index >= 15 is 0 Å². The van der Waals surface area contributed by atoms with Gasteiger partial charge in [0.1, 0.15) is 12.4 Å². The Morgan fingerprint density at radius 2 is 1.65 bits per heavy atom. The normalized spacial score (nSPS) is 10.2. The van der Waals surface area contributed by atoms with Gasteiger partial charge in [-0.25, -0.2) is 0 Å². The Morgan fingerprint density at radius 3 is 2.24 bits per heavy atom. The molecular formula is C14H13BrOS. The molecule has 88 valence electrons. The van der Waals surface area contributed by atoms with Gasteiger partial charge in [-0.05, 0) is 48.2 Å². The van der Waals surface area contributed by atoms with Crippen molar-refractivity contribution in [3.8, 4) is 5.75 Å². The highest BCUT2D eigenvalue weighted by molar-refractivity contribution is 9.10. The molecule has 2 rings (SSSR count). The first-order valence-electron chi connectivity index (χ1n) is 5.29. The average molecular weight is 309 g/mol. The maximum Gasteiger partial charge on any atom is 0.119 e. The Bertz CT molecular complexity index is 465. The largest absolute Gasteiger partial charge is 0.489 e. The van der Waals surface area contributed by atoms with E-state index < -0.39 is 0 Å². The van der Waals surface area contributed by atoms with Gasteiger partial charge < -0.3 is 4.74 Å². The van der Waals surface area contributed by atoms with Gasteiger partial charge in [0.2, 0.25) is 0 Å². The molecule has 0 aromatic heterocycles. The fourth-order valence-corrected chi connectivity index (χ4v) is 2.09. The predicted molar refractivity (Wildman–Crippen MR) is 76.7 cm³/mol. The van der Waals surface area contributed by atoms with Crippen molar-refractivity contribution >= 4 is 27.7 Å². The summed E-state index contributed by atoms with van der Waals surface area (Å²) in [5, 5.41) is 0. The summed E-state index contributed by atoms with van der Waals surface area (Å²) < 4.78 is 6.80. The summed E-state index contributed by atoms with van der Waals surface area (Å²) in [6.07, 6.45) is 2.07. The fraction of sp³-hybridized carbons (Fsp3) is 0.143. The Hall–Kier alpha value is -0.930. The SMILES string of the molecule is CSc1ccc(OCc2ccc(Br)cc2)cc1. The minimum Gasteiger partial charge on any atom is -0.489 e. The Labute approximate surface area is 114 Å². The number of thioether (sulfide) groups is 1. The van der Waals surface area contributed by atoms with Gasteiger partial charge in [-0.3, -0.25) is 0 Å². The van der Waals surface area contributed by atoms with E-state index in [0.29, 0.717) is 6.61 Å². The van der Waals surface area contributed by atoms with E-state index in [-0.39, 0.29) is 0 Å². The quantitative estimate of drug-likeness (QED) is 0.754. The zero-order chi connectivity index (χ0) is 12.1. The van der Waals surface area contributed by atoms with Crippen molar-refractivity contribution in [2.24, 2.45) is 0 Å². The molecule has 2 aromatic carbocycles. The molecule has 0 unspecified atom stereocenters. The first-order valence-corrected chi connectivity index (χ1v) is 7.31. The molecule has 3 heteroatoms. The molecule has 0 aliphatic rings. The highest BCUT2D eigenvalue weighted by atomic mass is 79.9. The van der Waals surface area contributed by atoms with E-state index in [1.54, 1.807) is 11.8 Å². The summed E-state index contributed by atoms with van der Waals surface area (Å²) in [6, 6.07) is 16.3. The molecule has 0 amide bonds. The molecule has 0 atom stereocenters. The van der Waals surface area contributed by atoms with Gasteiger partial charge >= 0.3 is 0 Å². The molecule has 0 saturated carbocycles. The van der Waals surface area contributed by atoms with E-state index in [1.165, 1.54) is 10.5 Å². The molecule has 0 N–H and O–H groups in total. The van der Waals surface area contributed by atoms with Crippen LogP contribution in [-0.2, 0) is 6.61 Å². The van der Waals surface area contributed by atoms with Gasteiger partial charge in [-0.2, -0.15) is 0 Å². The first-order chi connectivity index (χ1) is 8.28. The minimum absolute atomic E-state index is 0.603. The lowest BCUT2D eigenvalue weighted by Gasteiger charge is -2.06. The number of hydrogen-bond acceptors (Lipinski definition) is 2. The molecule has 0 aliphatic carbocycles. The van der Waals surface area contributed by atoms with Crippen molar-refractivity contribution in [3.63, 3.8) is 0 Å². The van der Waals surface area contributed by atoms with Crippen LogP contribution in [0.25, 0.3) is 0 Å². The Kier molecular flexibility index (Phi) is 4.51. The van der Waals surface area contributed by atoms with E-state index in [1.807, 2.05) is 24.3 Å². The lowest BCUT2D eigenvalue weighted by atomic mass is 10.2. The number of ether oxygens (including phenoxy) is 1. The minimum atomic E-state index is 0.603. The van der Waals surface area contributed by atoms with Gasteiger partial charge in [0.05, 0.1) is 0 Å². The maximum atomic E-state index is 5.71. The fourth-order valence-electron chi connectivity index (χ4n) is 1.42. The van der Waals surface area contributed by atoms with E-state index in [2.05, 4.69) is 46.5 Å². The highest BCUT2D eigenvalue weighted by Gasteiger charge is 1.96. The molecule has 0 fully saturated rings. The molecule has 0 aliphatic heterocycles. The van der Waals surface area contributed by atoms with Crippen molar-refractivity contribution in [1.82, 2.24) is 0 Å². The van der Waals surface area contributed by atoms with Gasteiger partial charge in [-0.1, -0.05) is 28.1 Å². The second-order valence-electron chi connectivity index (χ2n) is 3.59. The van der Waals surface area contributed by atoms with E-state index in [0.717, 1.165) is 10.2 Å². The van der Waals surface area contributed by atoms with Crippen LogP contribution in [-0.4, -0.2) is 6.26 Å². The van der Waals surface area contributed by atoms with Crippen LogP contribution in [0.3, 0.4) is 0 Å². The molecule has 2 aromatic rings. The van der Waals surface area contributed by atoms with Crippen molar-refractivity contribution in [2.75, 3.05) is 6.26 Å². The average Bonchev–Trinajstić information content (AvgIpc) is 2.39. The molecule has 1 nitrogen and oxygen atoms in total. The molecule has 0 heterocycles. The molecule has 0 spiro atoms. The number of halogens is 1. The summed E-state index contributed by atoms with van der Waals surface area (Å²) in [6.45, 7) is 0.603. The molecule has 0 bridgehead atoms. The summed E-state index contributed by atoms with van der Waals surface area (Å²) in [7, 11) is 0. The van der Waals surface area contributed by atoms with Crippen molar-refractivity contribution < 1.29 is 4.74 Å². The van der Waals surface area contributed by atoms with Crippen LogP contribution >= 0.6 is 27.7 Å². The molecule has 0 radical (unpaired) electrons. The Balaban J connectivity index is 1.95. The smallest absolute Gasteiger partial charge is 0.119 e. The standard InChI is InChI=1S/C14H13BrOS/c1-17-14-8-6-13(7-9-14)16-10-11-2-4-12(15)5-3-11/h2-9H,10H2,1H3. The molecule has 17 heavy (non-hydrogen) atoms. The third-order valence-corrected chi connectivity index (χ3v) is 3.65.